The molecular weight excluding hydrogens is 294 g/mol. The number of aromatic nitrogens is 1. The van der Waals surface area contributed by atoms with Crippen molar-refractivity contribution in [3.05, 3.63) is 63.4 Å². The number of nitrogens with one attached hydrogen (secondary N) is 1. The summed E-state index contributed by atoms with van der Waals surface area (Å²) in [6.45, 7) is 1.68. The Kier molecular flexibility index (Phi) is 4.49. The highest BCUT2D eigenvalue weighted by Gasteiger charge is 2.18. The number of rotatable bonds is 4. The van der Waals surface area contributed by atoms with Crippen molar-refractivity contribution in [2.75, 3.05) is 5.32 Å². The van der Waals surface area contributed by atoms with Gasteiger partial charge in [-0.3, -0.25) is 14.9 Å². The van der Waals surface area contributed by atoms with Crippen LogP contribution in [0.2, 0.25) is 5.15 Å². The second-order valence-corrected chi connectivity index (χ2v) is 4.82. The van der Waals surface area contributed by atoms with Crippen molar-refractivity contribution in [3.63, 3.8) is 0 Å². The molecule has 0 fully saturated rings. The van der Waals surface area contributed by atoms with E-state index in [1.807, 2.05) is 0 Å². The molecule has 0 saturated carbocycles. The Morgan fingerprint density at radius 3 is 2.76 bits per heavy atom. The lowest BCUT2D eigenvalue weighted by Crippen LogP contribution is -2.19. The van der Waals surface area contributed by atoms with Crippen molar-refractivity contribution in [3.8, 4) is 0 Å². The molecule has 1 heterocycles. The van der Waals surface area contributed by atoms with Gasteiger partial charge in [0.1, 0.15) is 5.15 Å². The Balaban J connectivity index is 2.13. The fourth-order valence-electron chi connectivity index (χ4n) is 1.76. The Labute approximate surface area is 125 Å². The molecule has 1 N–H and O–H groups in total. The number of anilines is 1. The molecule has 1 aromatic carbocycles. The van der Waals surface area contributed by atoms with Gasteiger partial charge in [0.2, 0.25) is 5.91 Å². The summed E-state index contributed by atoms with van der Waals surface area (Å²) in [6, 6.07) is 9.21. The van der Waals surface area contributed by atoms with Crippen molar-refractivity contribution >= 4 is 28.9 Å². The minimum atomic E-state index is -0.527. The van der Waals surface area contributed by atoms with E-state index in [1.165, 1.54) is 18.3 Å². The number of hydrogen-bond acceptors (Lipinski definition) is 4. The summed E-state index contributed by atoms with van der Waals surface area (Å²) in [5.74, 6) is -0.805. The summed E-state index contributed by atoms with van der Waals surface area (Å²) in [5.41, 5.74) is 1.05. The summed E-state index contributed by atoms with van der Waals surface area (Å²) < 4.78 is 0. The molecule has 1 aromatic heterocycles. The van der Waals surface area contributed by atoms with Gasteiger partial charge in [0.25, 0.3) is 5.69 Å². The van der Waals surface area contributed by atoms with Crippen molar-refractivity contribution in [2.24, 2.45) is 0 Å². The maximum atomic E-state index is 12.1. The van der Waals surface area contributed by atoms with Gasteiger partial charge in [0.05, 0.1) is 22.7 Å². The lowest BCUT2D eigenvalue weighted by atomic mass is 10.00. The summed E-state index contributed by atoms with van der Waals surface area (Å²) >= 11 is 5.67. The van der Waals surface area contributed by atoms with Gasteiger partial charge in [-0.2, -0.15) is 0 Å². The lowest BCUT2D eigenvalue weighted by molar-refractivity contribution is -0.384. The summed E-state index contributed by atoms with van der Waals surface area (Å²) in [6.07, 6.45) is 1.44. The van der Waals surface area contributed by atoms with Crippen LogP contribution in [0, 0.1) is 10.1 Å². The highest BCUT2D eigenvalue weighted by molar-refractivity contribution is 6.29. The number of carbonyl (C=O) groups is 1. The van der Waals surface area contributed by atoms with Crippen LogP contribution in [-0.2, 0) is 4.79 Å². The molecule has 0 spiro atoms. The zero-order valence-corrected chi connectivity index (χ0v) is 11.9. The molecule has 108 valence electrons. The zero-order valence-electron chi connectivity index (χ0n) is 11.1. The molecule has 0 bridgehead atoms. The molecule has 7 heteroatoms. The number of amides is 1. The predicted molar refractivity (Wildman–Crippen MR) is 79.4 cm³/mol. The first-order valence-electron chi connectivity index (χ1n) is 6.14. The topological polar surface area (TPSA) is 85.1 Å². The van der Waals surface area contributed by atoms with E-state index in [-0.39, 0.29) is 11.6 Å². The van der Waals surface area contributed by atoms with Gasteiger partial charge in [-0.1, -0.05) is 23.7 Å². The first-order valence-corrected chi connectivity index (χ1v) is 6.52. The summed E-state index contributed by atoms with van der Waals surface area (Å²) in [4.78, 5) is 26.3. The quantitative estimate of drug-likeness (QED) is 0.533. The second-order valence-electron chi connectivity index (χ2n) is 4.43. The summed E-state index contributed by atoms with van der Waals surface area (Å²) in [5, 5.41) is 13.8. The zero-order chi connectivity index (χ0) is 15.4. The van der Waals surface area contributed by atoms with Gasteiger partial charge < -0.3 is 5.32 Å². The number of nitro benzene ring substituents is 1. The van der Waals surface area contributed by atoms with Crippen molar-refractivity contribution in [2.45, 2.75) is 12.8 Å². The highest BCUT2D eigenvalue weighted by Crippen LogP contribution is 2.22. The fraction of sp³-hybridized carbons (Fsp3) is 0.143. The average Bonchev–Trinajstić information content (AvgIpc) is 2.49. The van der Waals surface area contributed by atoms with Crippen molar-refractivity contribution < 1.29 is 9.72 Å². The number of carbonyl (C=O) groups excluding carboxylic acids is 1. The van der Waals surface area contributed by atoms with Crippen molar-refractivity contribution in [1.29, 1.82) is 0 Å². The van der Waals surface area contributed by atoms with Gasteiger partial charge in [-0.25, -0.2) is 4.98 Å². The normalized spacial score (nSPS) is 11.7. The van der Waals surface area contributed by atoms with Crippen LogP contribution in [0.3, 0.4) is 0 Å². The molecule has 6 nitrogen and oxygen atoms in total. The van der Waals surface area contributed by atoms with Gasteiger partial charge in [0.15, 0.2) is 0 Å². The van der Waals surface area contributed by atoms with Crippen LogP contribution in [-0.4, -0.2) is 15.8 Å². The molecule has 1 unspecified atom stereocenters. The highest BCUT2D eigenvalue weighted by atomic mass is 35.5. The molecule has 0 radical (unpaired) electrons. The number of hydrogen-bond donors (Lipinski definition) is 1. The number of halogens is 1. The van der Waals surface area contributed by atoms with Gasteiger partial charge in [-0.15, -0.1) is 0 Å². The van der Waals surface area contributed by atoms with E-state index in [1.54, 1.807) is 31.2 Å². The Bertz CT molecular complexity index is 673. The molecule has 2 rings (SSSR count). The van der Waals surface area contributed by atoms with Crippen molar-refractivity contribution in [1.82, 2.24) is 4.98 Å². The second kappa shape index (κ2) is 6.32. The third-order valence-electron chi connectivity index (χ3n) is 2.97. The number of non-ortho nitro benzene ring substituents is 1. The minimum Gasteiger partial charge on any atom is -0.324 e. The number of benzene rings is 1. The van der Waals surface area contributed by atoms with Gasteiger partial charge >= 0.3 is 0 Å². The maximum absolute atomic E-state index is 12.1. The molecule has 0 aliphatic carbocycles. The number of nitro groups is 1. The predicted octanol–water partition coefficient (Wildman–Crippen LogP) is 3.39. The molecule has 1 atom stereocenters. The Hall–Kier alpha value is -2.47. The van der Waals surface area contributed by atoms with E-state index in [4.69, 9.17) is 11.6 Å². The maximum Gasteiger partial charge on any atom is 0.269 e. The van der Waals surface area contributed by atoms with Crippen LogP contribution in [0.4, 0.5) is 11.4 Å². The van der Waals surface area contributed by atoms with Crippen LogP contribution in [0.5, 0.6) is 0 Å². The van der Waals surface area contributed by atoms with Crippen LogP contribution in [0.25, 0.3) is 0 Å². The van der Waals surface area contributed by atoms with E-state index in [0.29, 0.717) is 16.4 Å². The number of pyridine rings is 1. The van der Waals surface area contributed by atoms with Crippen LogP contribution in [0.15, 0.2) is 42.6 Å². The molecule has 0 aliphatic rings. The molecule has 0 aliphatic heterocycles. The van der Waals surface area contributed by atoms with E-state index >= 15 is 0 Å². The van der Waals surface area contributed by atoms with Crippen LogP contribution >= 0.6 is 11.6 Å². The first-order chi connectivity index (χ1) is 9.97. The third kappa shape index (κ3) is 3.76. The van der Waals surface area contributed by atoms with E-state index in [2.05, 4.69) is 10.3 Å². The lowest BCUT2D eigenvalue weighted by Gasteiger charge is -2.12. The number of nitrogens with zero attached hydrogens (tertiary/aromatic N) is 2. The van der Waals surface area contributed by atoms with Gasteiger partial charge in [0, 0.05) is 12.1 Å². The Morgan fingerprint density at radius 1 is 1.38 bits per heavy atom. The minimum absolute atomic E-state index is 0.0414. The third-order valence-corrected chi connectivity index (χ3v) is 3.19. The van der Waals surface area contributed by atoms with E-state index in [0.717, 1.165) is 0 Å². The largest absolute Gasteiger partial charge is 0.324 e. The van der Waals surface area contributed by atoms with Crippen LogP contribution in [0.1, 0.15) is 18.4 Å². The molecular formula is C14H12ClN3O3. The standard InChI is InChI=1S/C14H12ClN3O3/c1-9(10-3-2-4-12(7-10)18(20)21)14(19)17-11-5-6-13(15)16-8-11/h2-9H,1H3,(H,17,19). The Morgan fingerprint density at radius 2 is 2.14 bits per heavy atom. The fourth-order valence-corrected chi connectivity index (χ4v) is 1.87. The average molecular weight is 306 g/mol. The first kappa shape index (κ1) is 14.9. The molecule has 2 aromatic rings. The SMILES string of the molecule is CC(C(=O)Nc1ccc(Cl)nc1)c1cccc([N+](=O)[O-])c1. The monoisotopic (exact) mass is 305 g/mol. The molecule has 0 saturated heterocycles. The smallest absolute Gasteiger partial charge is 0.269 e. The molecule has 21 heavy (non-hydrogen) atoms. The molecule has 1 amide bonds. The van der Waals surface area contributed by atoms with Gasteiger partial charge in [-0.05, 0) is 24.6 Å². The van der Waals surface area contributed by atoms with E-state index in [9.17, 15) is 14.9 Å². The van der Waals surface area contributed by atoms with Crippen LogP contribution < -0.4 is 5.32 Å². The summed E-state index contributed by atoms with van der Waals surface area (Å²) in [7, 11) is 0. The van der Waals surface area contributed by atoms with E-state index < -0.39 is 10.8 Å².